The third kappa shape index (κ3) is 4.73. The Morgan fingerprint density at radius 2 is 1.67 bits per heavy atom. The lowest BCUT2D eigenvalue weighted by Gasteiger charge is -1.91. The summed E-state index contributed by atoms with van der Waals surface area (Å²) in [4.78, 5) is 0. The Hall–Kier alpha value is -1.04. The van der Waals surface area contributed by atoms with Gasteiger partial charge in [-0.1, -0.05) is 42.5 Å². The predicted octanol–water partition coefficient (Wildman–Crippen LogP) is 3.59. The van der Waals surface area contributed by atoms with Crippen molar-refractivity contribution in [2.24, 2.45) is 0 Å². The maximum atomic E-state index is 3.23. The summed E-state index contributed by atoms with van der Waals surface area (Å²) in [6.45, 7) is 0. The van der Waals surface area contributed by atoms with Gasteiger partial charge in [-0.05, 0) is 31.8 Å². The topological polar surface area (TPSA) is 0 Å². The molecule has 0 saturated carbocycles. The van der Waals surface area contributed by atoms with Gasteiger partial charge in [-0.15, -0.1) is 0 Å². The van der Waals surface area contributed by atoms with Crippen molar-refractivity contribution in [3.05, 3.63) is 48.6 Å². The normalized spacial score (nSPS) is 29.3. The average Bonchev–Trinajstić information content (AvgIpc) is 2.05. The zero-order valence-corrected chi connectivity index (χ0v) is 7.37. The van der Waals surface area contributed by atoms with E-state index in [0.29, 0.717) is 0 Å². The molecule has 1 radical (unpaired) electrons. The van der Waals surface area contributed by atoms with Crippen LogP contribution in [0.25, 0.3) is 0 Å². The Kier molecular flexibility index (Phi) is 5.02. The van der Waals surface area contributed by atoms with E-state index in [-0.39, 0.29) is 0 Å². The van der Waals surface area contributed by atoms with Crippen LogP contribution in [0, 0.1) is 6.08 Å². The van der Waals surface area contributed by atoms with Crippen LogP contribution >= 0.6 is 0 Å². The maximum Gasteiger partial charge on any atom is -0.0276 e. The fourth-order valence-corrected chi connectivity index (χ4v) is 1.06. The molecule has 0 aromatic heterocycles. The molecule has 0 aliphatic heterocycles. The number of rotatable bonds is 0. The fourth-order valence-electron chi connectivity index (χ4n) is 1.06. The molecule has 12 heavy (non-hydrogen) atoms. The minimum Gasteiger partial charge on any atom is -0.0845 e. The van der Waals surface area contributed by atoms with E-state index in [1.807, 2.05) is 24.3 Å². The van der Waals surface area contributed by atoms with Crippen LogP contribution in [0.4, 0.5) is 0 Å². The quantitative estimate of drug-likeness (QED) is 0.506. The van der Waals surface area contributed by atoms with Gasteiger partial charge in [0.15, 0.2) is 0 Å². The molecule has 1 aliphatic carbocycles. The van der Waals surface area contributed by atoms with E-state index in [1.54, 1.807) is 0 Å². The summed E-state index contributed by atoms with van der Waals surface area (Å²) in [6.07, 6.45) is 22.5. The molecular formula is C12H15. The average molecular weight is 159 g/mol. The van der Waals surface area contributed by atoms with Crippen molar-refractivity contribution in [2.75, 3.05) is 0 Å². The summed E-state index contributed by atoms with van der Waals surface area (Å²) in [6, 6.07) is 0. The summed E-state index contributed by atoms with van der Waals surface area (Å²) >= 11 is 0. The third-order valence-corrected chi connectivity index (χ3v) is 1.74. The van der Waals surface area contributed by atoms with Crippen LogP contribution in [0.3, 0.4) is 0 Å². The van der Waals surface area contributed by atoms with Gasteiger partial charge in [-0.3, -0.25) is 0 Å². The molecule has 0 nitrogen and oxygen atoms in total. The van der Waals surface area contributed by atoms with Gasteiger partial charge >= 0.3 is 0 Å². The lowest BCUT2D eigenvalue weighted by Crippen LogP contribution is -1.72. The van der Waals surface area contributed by atoms with Gasteiger partial charge in [-0.25, -0.2) is 0 Å². The first-order valence-corrected chi connectivity index (χ1v) is 4.55. The van der Waals surface area contributed by atoms with Crippen molar-refractivity contribution < 1.29 is 0 Å². The van der Waals surface area contributed by atoms with Crippen LogP contribution in [0.1, 0.15) is 25.7 Å². The van der Waals surface area contributed by atoms with Gasteiger partial charge in [0.05, 0.1) is 0 Å². The van der Waals surface area contributed by atoms with Crippen LogP contribution in [0.2, 0.25) is 0 Å². The van der Waals surface area contributed by atoms with Gasteiger partial charge < -0.3 is 0 Å². The first-order chi connectivity index (χ1) is 6.00. The van der Waals surface area contributed by atoms with Crippen molar-refractivity contribution in [3.63, 3.8) is 0 Å². The van der Waals surface area contributed by atoms with Gasteiger partial charge in [0.1, 0.15) is 0 Å². The highest BCUT2D eigenvalue weighted by molar-refractivity contribution is 5.14. The lowest BCUT2D eigenvalue weighted by molar-refractivity contribution is 0.754. The predicted molar refractivity (Wildman–Crippen MR) is 53.7 cm³/mol. The second-order valence-electron chi connectivity index (χ2n) is 2.81. The fraction of sp³-hybridized carbons (Fsp3) is 0.333. The Bertz CT molecular complexity index is 180. The molecule has 0 unspecified atom stereocenters. The third-order valence-electron chi connectivity index (χ3n) is 1.74. The molecule has 0 saturated heterocycles. The second-order valence-corrected chi connectivity index (χ2v) is 2.81. The van der Waals surface area contributed by atoms with E-state index in [4.69, 9.17) is 0 Å². The highest BCUT2D eigenvalue weighted by Gasteiger charge is 1.82. The lowest BCUT2D eigenvalue weighted by atomic mass is 10.1. The minimum absolute atomic E-state index is 1.09. The van der Waals surface area contributed by atoms with Crippen molar-refractivity contribution in [3.8, 4) is 0 Å². The standard InChI is InChI=1S/C12H15/c1-2-4-6-8-10-12-11-9-7-5-3-1/h1-7H,8,10-12H2/b2-1+,5-3-,6-4-,9-7?. The highest BCUT2D eigenvalue weighted by atomic mass is 13.9. The summed E-state index contributed by atoms with van der Waals surface area (Å²) < 4.78 is 0. The van der Waals surface area contributed by atoms with Gasteiger partial charge in [-0.2, -0.15) is 0 Å². The second kappa shape index (κ2) is 6.66. The molecule has 0 amide bonds. The first kappa shape index (κ1) is 9.05. The molecule has 0 bridgehead atoms. The molecule has 1 rings (SSSR count). The van der Waals surface area contributed by atoms with Crippen LogP contribution in [0.5, 0.6) is 0 Å². The summed E-state index contributed by atoms with van der Waals surface area (Å²) in [5.41, 5.74) is 0. The Labute approximate surface area is 75.0 Å². The Morgan fingerprint density at radius 3 is 2.67 bits per heavy atom. The zero-order valence-electron chi connectivity index (χ0n) is 7.37. The summed E-state index contributed by atoms with van der Waals surface area (Å²) in [5, 5.41) is 0. The number of allylic oxidation sites excluding steroid dienone is 8. The summed E-state index contributed by atoms with van der Waals surface area (Å²) in [7, 11) is 0. The molecule has 0 aromatic rings. The van der Waals surface area contributed by atoms with E-state index in [2.05, 4.69) is 24.3 Å². The maximum absolute atomic E-state index is 3.23. The van der Waals surface area contributed by atoms with E-state index in [0.717, 1.165) is 6.42 Å². The van der Waals surface area contributed by atoms with Crippen molar-refractivity contribution >= 4 is 0 Å². The molecule has 1 aliphatic rings. The molecule has 63 valence electrons. The first-order valence-electron chi connectivity index (χ1n) is 4.55. The van der Waals surface area contributed by atoms with Crippen LogP contribution in [-0.2, 0) is 0 Å². The number of hydrogen-bond acceptors (Lipinski definition) is 0. The molecule has 0 fully saturated rings. The van der Waals surface area contributed by atoms with Crippen LogP contribution in [-0.4, -0.2) is 0 Å². The zero-order chi connectivity index (χ0) is 8.49. The van der Waals surface area contributed by atoms with E-state index < -0.39 is 0 Å². The minimum atomic E-state index is 1.09. The van der Waals surface area contributed by atoms with Crippen LogP contribution in [0.15, 0.2) is 42.5 Å². The molecule has 0 spiro atoms. The Balaban J connectivity index is 2.43. The molecule has 0 aromatic carbocycles. The molecule has 0 N–H and O–H groups in total. The van der Waals surface area contributed by atoms with Crippen molar-refractivity contribution in [2.45, 2.75) is 25.7 Å². The molecule has 0 heteroatoms. The molecular weight excluding hydrogens is 144 g/mol. The van der Waals surface area contributed by atoms with Gasteiger partial charge in [0, 0.05) is 0 Å². The van der Waals surface area contributed by atoms with Gasteiger partial charge in [0.25, 0.3) is 0 Å². The van der Waals surface area contributed by atoms with Gasteiger partial charge in [0.2, 0.25) is 0 Å². The van der Waals surface area contributed by atoms with E-state index in [1.165, 1.54) is 19.3 Å². The Morgan fingerprint density at radius 1 is 0.833 bits per heavy atom. The monoisotopic (exact) mass is 159 g/mol. The summed E-state index contributed by atoms with van der Waals surface area (Å²) in [5.74, 6) is 0. The largest absolute Gasteiger partial charge is 0.0845 e. The highest BCUT2D eigenvalue weighted by Crippen LogP contribution is 2.01. The molecule has 0 atom stereocenters. The smallest absolute Gasteiger partial charge is 0.0276 e. The van der Waals surface area contributed by atoms with Crippen LogP contribution < -0.4 is 0 Å². The van der Waals surface area contributed by atoms with Crippen molar-refractivity contribution in [1.82, 2.24) is 0 Å². The van der Waals surface area contributed by atoms with Crippen molar-refractivity contribution in [1.29, 1.82) is 0 Å². The van der Waals surface area contributed by atoms with E-state index >= 15 is 0 Å². The number of hydrogen-bond donors (Lipinski definition) is 0. The van der Waals surface area contributed by atoms with E-state index in [9.17, 15) is 0 Å². The molecule has 0 heterocycles. The SMILES string of the molecule is [C]1=C/C=C\C=C\C=C/CCCC/1.